The minimum atomic E-state index is -0.588. The first-order valence-electron chi connectivity index (χ1n) is 4.10. The molecule has 0 fully saturated rings. The third kappa shape index (κ3) is 3.26. The highest BCUT2D eigenvalue weighted by atomic mass is 32.1. The SMILES string of the molecule is NC(=O)N(S)CCc1ccc(F)cc1. The summed E-state index contributed by atoms with van der Waals surface area (Å²) in [6, 6.07) is 5.50. The quantitative estimate of drug-likeness (QED) is 0.737. The van der Waals surface area contributed by atoms with E-state index in [4.69, 9.17) is 5.73 Å². The molecule has 0 bridgehead atoms. The number of halogens is 1. The van der Waals surface area contributed by atoms with E-state index in [1.807, 2.05) is 0 Å². The van der Waals surface area contributed by atoms with Gasteiger partial charge in [0.25, 0.3) is 0 Å². The number of carbonyl (C=O) groups is 1. The lowest BCUT2D eigenvalue weighted by atomic mass is 10.1. The van der Waals surface area contributed by atoms with Crippen molar-refractivity contribution in [1.82, 2.24) is 4.31 Å². The zero-order valence-corrected chi connectivity index (χ0v) is 8.38. The lowest BCUT2D eigenvalue weighted by Crippen LogP contribution is -2.29. The number of benzene rings is 1. The Labute approximate surface area is 87.2 Å². The van der Waals surface area contributed by atoms with Gasteiger partial charge in [-0.25, -0.2) is 9.18 Å². The van der Waals surface area contributed by atoms with Crippen molar-refractivity contribution in [2.75, 3.05) is 6.54 Å². The van der Waals surface area contributed by atoms with Crippen LogP contribution in [0.1, 0.15) is 5.56 Å². The minimum Gasteiger partial charge on any atom is -0.351 e. The number of amides is 2. The average Bonchev–Trinajstić information content (AvgIpc) is 2.16. The number of hydrogen-bond donors (Lipinski definition) is 2. The molecule has 0 aliphatic heterocycles. The fourth-order valence-electron chi connectivity index (χ4n) is 0.996. The summed E-state index contributed by atoms with van der Waals surface area (Å²) in [7, 11) is 0. The summed E-state index contributed by atoms with van der Waals surface area (Å²) in [5, 5.41) is 0. The first-order chi connectivity index (χ1) is 6.59. The van der Waals surface area contributed by atoms with E-state index in [9.17, 15) is 9.18 Å². The number of thiol groups is 1. The maximum Gasteiger partial charge on any atom is 0.324 e. The van der Waals surface area contributed by atoms with E-state index in [2.05, 4.69) is 12.8 Å². The van der Waals surface area contributed by atoms with Crippen LogP contribution in [0.5, 0.6) is 0 Å². The van der Waals surface area contributed by atoms with E-state index in [0.29, 0.717) is 13.0 Å². The molecule has 0 heterocycles. The highest BCUT2D eigenvalue weighted by Crippen LogP contribution is 2.05. The Bertz CT molecular complexity index is 315. The first-order valence-corrected chi connectivity index (χ1v) is 4.50. The Kier molecular flexibility index (Phi) is 3.76. The second kappa shape index (κ2) is 4.85. The number of primary amides is 1. The van der Waals surface area contributed by atoms with E-state index in [1.54, 1.807) is 12.1 Å². The molecule has 2 amide bonds. The molecule has 0 saturated carbocycles. The molecule has 0 aliphatic carbocycles. The summed E-state index contributed by atoms with van der Waals surface area (Å²) in [6.45, 7) is 0.407. The van der Waals surface area contributed by atoms with Gasteiger partial charge in [0.2, 0.25) is 0 Å². The molecule has 1 aromatic rings. The normalized spacial score (nSPS) is 9.86. The average molecular weight is 214 g/mol. The van der Waals surface area contributed by atoms with Crippen molar-refractivity contribution in [2.24, 2.45) is 5.73 Å². The van der Waals surface area contributed by atoms with Gasteiger partial charge in [-0.3, -0.25) is 4.31 Å². The third-order valence-corrected chi connectivity index (χ3v) is 2.18. The molecule has 0 spiro atoms. The second-order valence-electron chi connectivity index (χ2n) is 2.84. The molecular weight excluding hydrogens is 203 g/mol. The molecule has 5 heteroatoms. The van der Waals surface area contributed by atoms with Crippen molar-refractivity contribution < 1.29 is 9.18 Å². The van der Waals surface area contributed by atoms with Crippen LogP contribution in [0.3, 0.4) is 0 Å². The zero-order chi connectivity index (χ0) is 10.6. The predicted octanol–water partition coefficient (Wildman–Crippen LogP) is 1.59. The van der Waals surface area contributed by atoms with Gasteiger partial charge in [0.05, 0.1) is 0 Å². The van der Waals surface area contributed by atoms with Crippen LogP contribution in [0.2, 0.25) is 0 Å². The first kappa shape index (κ1) is 10.8. The van der Waals surface area contributed by atoms with Gasteiger partial charge >= 0.3 is 6.03 Å². The number of nitrogens with two attached hydrogens (primary N) is 1. The van der Waals surface area contributed by atoms with Crippen molar-refractivity contribution >= 4 is 18.8 Å². The topological polar surface area (TPSA) is 46.3 Å². The summed E-state index contributed by atoms with van der Waals surface area (Å²) in [6.07, 6.45) is 0.604. The molecule has 0 aromatic heterocycles. The molecule has 0 atom stereocenters. The van der Waals surface area contributed by atoms with Gasteiger partial charge in [-0.05, 0) is 24.1 Å². The summed E-state index contributed by atoms with van der Waals surface area (Å²) < 4.78 is 13.6. The molecule has 2 N–H and O–H groups in total. The van der Waals surface area contributed by atoms with Crippen LogP contribution in [-0.4, -0.2) is 16.9 Å². The number of hydrogen-bond acceptors (Lipinski definition) is 2. The highest BCUT2D eigenvalue weighted by molar-refractivity contribution is 7.78. The largest absolute Gasteiger partial charge is 0.351 e. The van der Waals surface area contributed by atoms with E-state index in [0.717, 1.165) is 9.87 Å². The Morgan fingerprint density at radius 3 is 2.50 bits per heavy atom. The lowest BCUT2D eigenvalue weighted by molar-refractivity contribution is 0.235. The van der Waals surface area contributed by atoms with Crippen LogP contribution in [0.25, 0.3) is 0 Å². The van der Waals surface area contributed by atoms with Crippen molar-refractivity contribution in [1.29, 1.82) is 0 Å². The van der Waals surface area contributed by atoms with E-state index >= 15 is 0 Å². The van der Waals surface area contributed by atoms with Gasteiger partial charge in [-0.2, -0.15) is 0 Å². The van der Waals surface area contributed by atoms with Crippen LogP contribution < -0.4 is 5.73 Å². The van der Waals surface area contributed by atoms with Crippen LogP contribution in [0, 0.1) is 5.82 Å². The summed E-state index contributed by atoms with van der Waals surface area (Å²) in [4.78, 5) is 10.6. The van der Waals surface area contributed by atoms with Crippen LogP contribution in [0.4, 0.5) is 9.18 Å². The van der Waals surface area contributed by atoms with Crippen LogP contribution in [0.15, 0.2) is 24.3 Å². The number of carbonyl (C=O) groups excluding carboxylic acids is 1. The van der Waals surface area contributed by atoms with E-state index < -0.39 is 6.03 Å². The Morgan fingerprint density at radius 2 is 2.00 bits per heavy atom. The van der Waals surface area contributed by atoms with Gasteiger partial charge in [0, 0.05) is 6.54 Å². The van der Waals surface area contributed by atoms with Crippen molar-refractivity contribution in [3.63, 3.8) is 0 Å². The molecule has 0 radical (unpaired) electrons. The van der Waals surface area contributed by atoms with Crippen LogP contribution in [-0.2, 0) is 6.42 Å². The molecule has 76 valence electrons. The van der Waals surface area contributed by atoms with E-state index in [-0.39, 0.29) is 5.82 Å². The molecule has 3 nitrogen and oxygen atoms in total. The monoisotopic (exact) mass is 214 g/mol. The molecule has 0 unspecified atom stereocenters. The Morgan fingerprint density at radius 1 is 1.43 bits per heavy atom. The number of rotatable bonds is 3. The Balaban J connectivity index is 2.46. The standard InChI is InChI=1S/C9H11FN2OS/c10-8-3-1-7(2-4-8)5-6-12(14)9(11)13/h1-4,14H,5-6H2,(H2,11,13). The van der Waals surface area contributed by atoms with Gasteiger partial charge < -0.3 is 5.73 Å². The summed E-state index contributed by atoms with van der Waals surface area (Å²) >= 11 is 3.86. The van der Waals surface area contributed by atoms with Gasteiger partial charge in [0.1, 0.15) is 5.82 Å². The van der Waals surface area contributed by atoms with Crippen molar-refractivity contribution in [3.05, 3.63) is 35.6 Å². The van der Waals surface area contributed by atoms with Crippen molar-refractivity contribution in [3.8, 4) is 0 Å². The second-order valence-corrected chi connectivity index (χ2v) is 3.32. The molecule has 14 heavy (non-hydrogen) atoms. The molecule has 0 aliphatic rings. The number of urea groups is 1. The van der Waals surface area contributed by atoms with E-state index in [1.165, 1.54) is 12.1 Å². The predicted molar refractivity (Wildman–Crippen MR) is 55.4 cm³/mol. The van der Waals surface area contributed by atoms with Crippen LogP contribution >= 0.6 is 12.8 Å². The zero-order valence-electron chi connectivity index (χ0n) is 7.48. The summed E-state index contributed by atoms with van der Waals surface area (Å²) in [5.41, 5.74) is 5.91. The molecule has 1 rings (SSSR count). The maximum atomic E-state index is 12.5. The minimum absolute atomic E-state index is 0.272. The molecule has 1 aromatic carbocycles. The van der Waals surface area contributed by atoms with Crippen molar-refractivity contribution in [2.45, 2.75) is 6.42 Å². The highest BCUT2D eigenvalue weighted by Gasteiger charge is 2.03. The fourth-order valence-corrected chi connectivity index (χ4v) is 1.10. The molecule has 0 saturated heterocycles. The van der Waals surface area contributed by atoms with Gasteiger partial charge in [-0.15, -0.1) is 0 Å². The fraction of sp³-hybridized carbons (Fsp3) is 0.222. The smallest absolute Gasteiger partial charge is 0.324 e. The lowest BCUT2D eigenvalue weighted by Gasteiger charge is -2.11. The van der Waals surface area contributed by atoms with Gasteiger partial charge in [0.15, 0.2) is 0 Å². The Hall–Kier alpha value is -1.23. The summed E-state index contributed by atoms with van der Waals surface area (Å²) in [5.74, 6) is -0.272. The maximum absolute atomic E-state index is 12.5. The third-order valence-electron chi connectivity index (χ3n) is 1.78. The van der Waals surface area contributed by atoms with Gasteiger partial charge in [-0.1, -0.05) is 24.9 Å². The molecular formula is C9H11FN2OS. The number of nitrogens with zero attached hydrogens (tertiary/aromatic N) is 1.